The number of nitrogens with zero attached hydrogens (tertiary/aromatic N) is 1. The number of ether oxygens (including phenoxy) is 1. The maximum atomic E-state index is 11.3. The van der Waals surface area contributed by atoms with Crippen molar-refractivity contribution in [3.63, 3.8) is 0 Å². The molecule has 1 N–H and O–H groups in total. The molecule has 1 aromatic carbocycles. The highest BCUT2D eigenvalue weighted by Gasteiger charge is 2.09. The molecule has 0 amide bonds. The average Bonchev–Trinajstić information content (AvgIpc) is 3.14. The molecule has 0 unspecified atom stereocenters. The number of nitrogens with one attached hydrogen (secondary N) is 1. The molecular weight excluding hydrogens is 312 g/mol. The number of methoxy groups -OCH3 is 1. The molecule has 0 saturated carbocycles. The van der Waals surface area contributed by atoms with Crippen LogP contribution in [0.2, 0.25) is 0 Å². The summed E-state index contributed by atoms with van der Waals surface area (Å²) in [6.45, 7) is 1.90. The van der Waals surface area contributed by atoms with Crippen LogP contribution < -0.4 is 0 Å². The van der Waals surface area contributed by atoms with E-state index in [9.17, 15) is 4.79 Å². The third-order valence-corrected chi connectivity index (χ3v) is 3.81. The Kier molecular flexibility index (Phi) is 4.16. The minimum Gasteiger partial charge on any atom is -0.469 e. The second kappa shape index (κ2) is 6.26. The molecule has 0 aliphatic heterocycles. The molecule has 3 rings (SSSR count). The van der Waals surface area contributed by atoms with Crippen LogP contribution in [0, 0.1) is 11.7 Å². The molecule has 2 aromatic heterocycles. The Hall–Kier alpha value is -2.60. The fourth-order valence-corrected chi connectivity index (χ4v) is 2.57. The number of rotatable bonds is 4. The minimum absolute atomic E-state index is 0.256. The lowest BCUT2D eigenvalue weighted by Crippen LogP contribution is -2.04. The van der Waals surface area contributed by atoms with Gasteiger partial charge in [0, 0.05) is 11.9 Å². The summed E-state index contributed by atoms with van der Waals surface area (Å²) >= 11 is 5.37. The van der Waals surface area contributed by atoms with Crippen molar-refractivity contribution >= 4 is 18.2 Å². The topological polar surface area (TPSA) is 60.2 Å². The number of hydrogen-bond donors (Lipinski definition) is 1. The van der Waals surface area contributed by atoms with E-state index in [2.05, 4.69) is 9.72 Å². The van der Waals surface area contributed by atoms with Gasteiger partial charge in [0.15, 0.2) is 10.5 Å². The van der Waals surface area contributed by atoms with E-state index in [0.717, 1.165) is 28.5 Å². The number of furan rings is 1. The van der Waals surface area contributed by atoms with Gasteiger partial charge >= 0.3 is 5.97 Å². The zero-order valence-electron chi connectivity index (χ0n) is 12.8. The van der Waals surface area contributed by atoms with Crippen molar-refractivity contribution in [3.8, 4) is 17.1 Å². The fourth-order valence-electron chi connectivity index (χ4n) is 2.30. The first-order valence-corrected chi connectivity index (χ1v) is 7.52. The lowest BCUT2D eigenvalue weighted by atomic mass is 10.1. The molecule has 0 bridgehead atoms. The van der Waals surface area contributed by atoms with Gasteiger partial charge in [0.05, 0.1) is 13.5 Å². The maximum Gasteiger partial charge on any atom is 0.309 e. The summed E-state index contributed by atoms with van der Waals surface area (Å²) in [6.07, 6.45) is 2.15. The number of esters is 1. The highest BCUT2D eigenvalue weighted by molar-refractivity contribution is 7.71. The van der Waals surface area contributed by atoms with Crippen LogP contribution in [0.15, 0.2) is 47.0 Å². The van der Waals surface area contributed by atoms with Crippen molar-refractivity contribution in [1.29, 1.82) is 0 Å². The molecule has 118 valence electrons. The highest BCUT2D eigenvalue weighted by atomic mass is 32.1. The largest absolute Gasteiger partial charge is 0.469 e. The Balaban J connectivity index is 1.89. The molecule has 0 aliphatic carbocycles. The smallest absolute Gasteiger partial charge is 0.309 e. The van der Waals surface area contributed by atoms with Gasteiger partial charge in [-0.3, -0.25) is 9.36 Å². The fraction of sp³-hybridized carbons (Fsp3) is 0.176. The van der Waals surface area contributed by atoms with Gasteiger partial charge in [0.25, 0.3) is 0 Å². The summed E-state index contributed by atoms with van der Waals surface area (Å²) in [5, 5.41) is 0. The zero-order valence-corrected chi connectivity index (χ0v) is 13.6. The van der Waals surface area contributed by atoms with Gasteiger partial charge in [-0.1, -0.05) is 12.1 Å². The van der Waals surface area contributed by atoms with Gasteiger partial charge in [-0.25, -0.2) is 0 Å². The lowest BCUT2D eigenvalue weighted by Gasteiger charge is -2.04. The molecule has 0 saturated heterocycles. The predicted octanol–water partition coefficient (Wildman–Crippen LogP) is 3.82. The number of benzene rings is 1. The summed E-state index contributed by atoms with van der Waals surface area (Å²) in [5.41, 5.74) is 2.63. The van der Waals surface area contributed by atoms with Crippen LogP contribution in [0.3, 0.4) is 0 Å². The first-order chi connectivity index (χ1) is 11.1. The predicted molar refractivity (Wildman–Crippen MR) is 89.1 cm³/mol. The van der Waals surface area contributed by atoms with E-state index in [1.807, 2.05) is 54.1 Å². The van der Waals surface area contributed by atoms with Crippen molar-refractivity contribution in [2.75, 3.05) is 7.11 Å². The third kappa shape index (κ3) is 3.27. The summed E-state index contributed by atoms with van der Waals surface area (Å²) in [5.74, 6) is 1.33. The summed E-state index contributed by atoms with van der Waals surface area (Å²) in [7, 11) is 1.38. The first kappa shape index (κ1) is 15.3. The Morgan fingerprint density at radius 2 is 2.00 bits per heavy atom. The molecule has 0 atom stereocenters. The van der Waals surface area contributed by atoms with Crippen LogP contribution in [0.25, 0.3) is 17.1 Å². The minimum atomic E-state index is -0.258. The van der Waals surface area contributed by atoms with E-state index in [1.165, 1.54) is 7.11 Å². The molecule has 6 heteroatoms. The second-order valence-corrected chi connectivity index (χ2v) is 5.56. The number of hydrogen-bond acceptors (Lipinski definition) is 4. The standard InChI is InChI=1S/C17H16N2O3S/c1-11-3-8-15(22-11)14-10-19(17(23)18-14)13-6-4-12(5-7-13)9-16(20)21-2/h3-8,10H,9H2,1-2H3,(H,18,23). The summed E-state index contributed by atoms with van der Waals surface area (Å²) in [4.78, 5) is 14.4. The van der Waals surface area contributed by atoms with E-state index in [-0.39, 0.29) is 12.4 Å². The van der Waals surface area contributed by atoms with Crippen LogP contribution in [-0.4, -0.2) is 22.6 Å². The highest BCUT2D eigenvalue weighted by Crippen LogP contribution is 2.22. The Labute approximate surface area is 138 Å². The second-order valence-electron chi connectivity index (χ2n) is 5.17. The quantitative estimate of drug-likeness (QED) is 0.584. The van der Waals surface area contributed by atoms with E-state index < -0.39 is 0 Å². The van der Waals surface area contributed by atoms with Crippen molar-refractivity contribution in [2.45, 2.75) is 13.3 Å². The number of aromatic nitrogens is 2. The van der Waals surface area contributed by atoms with Gasteiger partial charge in [-0.2, -0.15) is 0 Å². The van der Waals surface area contributed by atoms with Gasteiger partial charge in [-0.15, -0.1) is 0 Å². The van der Waals surface area contributed by atoms with E-state index in [1.54, 1.807) is 0 Å². The normalized spacial score (nSPS) is 10.7. The number of aromatic amines is 1. The number of H-pyrrole nitrogens is 1. The van der Waals surface area contributed by atoms with Gasteiger partial charge in [0.1, 0.15) is 11.5 Å². The molecule has 2 heterocycles. The Morgan fingerprint density at radius 1 is 1.26 bits per heavy atom. The van der Waals surface area contributed by atoms with E-state index >= 15 is 0 Å². The molecule has 0 radical (unpaired) electrons. The molecule has 23 heavy (non-hydrogen) atoms. The first-order valence-electron chi connectivity index (χ1n) is 7.11. The molecule has 0 fully saturated rings. The van der Waals surface area contributed by atoms with Gasteiger partial charge in [-0.05, 0) is 49.0 Å². The lowest BCUT2D eigenvalue weighted by molar-refractivity contribution is -0.139. The third-order valence-electron chi connectivity index (χ3n) is 3.52. The van der Waals surface area contributed by atoms with E-state index in [0.29, 0.717) is 4.77 Å². The Bertz CT molecular complexity index is 887. The summed E-state index contributed by atoms with van der Waals surface area (Å²) in [6, 6.07) is 11.4. The van der Waals surface area contributed by atoms with Crippen LogP contribution in [0.5, 0.6) is 0 Å². The van der Waals surface area contributed by atoms with Crippen LogP contribution >= 0.6 is 12.2 Å². The average molecular weight is 328 g/mol. The van der Waals surface area contributed by atoms with Crippen molar-refractivity contribution in [1.82, 2.24) is 9.55 Å². The zero-order chi connectivity index (χ0) is 16.4. The van der Waals surface area contributed by atoms with Crippen molar-refractivity contribution in [2.24, 2.45) is 0 Å². The molecule has 3 aromatic rings. The van der Waals surface area contributed by atoms with Crippen molar-refractivity contribution in [3.05, 3.63) is 58.7 Å². The van der Waals surface area contributed by atoms with Crippen LogP contribution in [0.1, 0.15) is 11.3 Å². The SMILES string of the molecule is COC(=O)Cc1ccc(-n2cc(-c3ccc(C)o3)[nH]c2=S)cc1. The number of carbonyl (C=O) groups excluding carboxylic acids is 1. The molecular formula is C17H16N2O3S. The van der Waals surface area contributed by atoms with Crippen molar-refractivity contribution < 1.29 is 13.9 Å². The van der Waals surface area contributed by atoms with Crippen LogP contribution in [0.4, 0.5) is 0 Å². The Morgan fingerprint density at radius 3 is 2.61 bits per heavy atom. The van der Waals surface area contributed by atoms with E-state index in [4.69, 9.17) is 16.6 Å². The van der Waals surface area contributed by atoms with Gasteiger partial charge in [0.2, 0.25) is 0 Å². The maximum absolute atomic E-state index is 11.3. The summed E-state index contributed by atoms with van der Waals surface area (Å²) < 4.78 is 12.7. The van der Waals surface area contributed by atoms with Gasteiger partial charge < -0.3 is 14.1 Å². The molecule has 0 spiro atoms. The monoisotopic (exact) mass is 328 g/mol. The van der Waals surface area contributed by atoms with Crippen LogP contribution in [-0.2, 0) is 16.0 Å². The number of aryl methyl sites for hydroxylation is 1. The molecule has 0 aliphatic rings. The molecule has 5 nitrogen and oxygen atoms in total. The number of carbonyl (C=O) groups is 1. The number of imidazole rings is 1.